The largest absolute Gasteiger partial charge is 0.506 e. The Morgan fingerprint density at radius 2 is 2.06 bits per heavy atom. The zero-order valence-corrected chi connectivity index (χ0v) is 10.4. The van der Waals surface area contributed by atoms with Crippen molar-refractivity contribution in [1.29, 1.82) is 0 Å². The lowest BCUT2D eigenvalue weighted by Gasteiger charge is -2.08. The van der Waals surface area contributed by atoms with Gasteiger partial charge in [-0.2, -0.15) is 0 Å². The molecule has 2 N–H and O–H groups in total. The van der Waals surface area contributed by atoms with E-state index in [4.69, 9.17) is 27.6 Å². The molecule has 0 amide bonds. The monoisotopic (exact) mass is 271 g/mol. The normalized spacial score (nSPS) is 10.7. The Balaban J connectivity index is 1.99. The van der Waals surface area contributed by atoms with Crippen LogP contribution in [0.1, 0.15) is 11.1 Å². The summed E-state index contributed by atoms with van der Waals surface area (Å²) in [6.07, 6.45) is 3.28. The molecule has 0 spiro atoms. The molecule has 2 aromatic rings. The summed E-state index contributed by atoms with van der Waals surface area (Å²) in [7, 11) is 0. The minimum absolute atomic E-state index is 0.0655. The van der Waals surface area contributed by atoms with E-state index < -0.39 is 0 Å². The van der Waals surface area contributed by atoms with Crippen LogP contribution in [-0.2, 0) is 13.1 Å². The van der Waals surface area contributed by atoms with Crippen LogP contribution >= 0.6 is 23.2 Å². The second-order valence-electron chi connectivity index (χ2n) is 3.63. The Bertz CT molecular complexity index is 497. The van der Waals surface area contributed by atoms with Crippen LogP contribution in [0.3, 0.4) is 0 Å². The van der Waals surface area contributed by atoms with Crippen molar-refractivity contribution in [3.8, 4) is 5.75 Å². The number of aromatic hydroxyl groups is 1. The molecule has 0 atom stereocenters. The van der Waals surface area contributed by atoms with Gasteiger partial charge in [-0.05, 0) is 18.2 Å². The minimum Gasteiger partial charge on any atom is -0.506 e. The molecule has 1 aromatic heterocycles. The van der Waals surface area contributed by atoms with Crippen LogP contribution in [0.15, 0.2) is 35.1 Å². The van der Waals surface area contributed by atoms with Gasteiger partial charge in [-0.15, -0.1) is 0 Å². The second-order valence-corrected chi connectivity index (χ2v) is 4.47. The number of hydrogen-bond donors (Lipinski definition) is 2. The molecule has 0 bridgehead atoms. The molecule has 0 aliphatic rings. The van der Waals surface area contributed by atoms with Crippen LogP contribution < -0.4 is 5.32 Å². The van der Waals surface area contributed by atoms with Crippen molar-refractivity contribution in [2.45, 2.75) is 13.1 Å². The van der Waals surface area contributed by atoms with Crippen LogP contribution in [0.5, 0.6) is 5.75 Å². The molecule has 0 radical (unpaired) electrons. The molecule has 3 nitrogen and oxygen atoms in total. The maximum atomic E-state index is 9.73. The highest BCUT2D eigenvalue weighted by Gasteiger charge is 2.07. The lowest BCUT2D eigenvalue weighted by atomic mass is 10.2. The highest BCUT2D eigenvalue weighted by atomic mass is 35.5. The molecule has 1 heterocycles. The number of benzene rings is 1. The number of furan rings is 1. The van der Waals surface area contributed by atoms with Crippen molar-refractivity contribution < 1.29 is 9.52 Å². The van der Waals surface area contributed by atoms with Crippen molar-refractivity contribution >= 4 is 23.2 Å². The van der Waals surface area contributed by atoms with Crippen LogP contribution in [0.2, 0.25) is 10.0 Å². The van der Waals surface area contributed by atoms with Crippen molar-refractivity contribution in [1.82, 2.24) is 5.32 Å². The zero-order chi connectivity index (χ0) is 12.3. The van der Waals surface area contributed by atoms with E-state index in [1.165, 1.54) is 6.07 Å². The summed E-state index contributed by atoms with van der Waals surface area (Å²) in [5, 5.41) is 13.7. The first-order chi connectivity index (χ1) is 8.16. The van der Waals surface area contributed by atoms with Gasteiger partial charge in [0.25, 0.3) is 0 Å². The van der Waals surface area contributed by atoms with E-state index in [1.54, 1.807) is 18.6 Å². The van der Waals surface area contributed by atoms with E-state index in [9.17, 15) is 5.11 Å². The van der Waals surface area contributed by atoms with Crippen molar-refractivity contribution in [3.05, 3.63) is 51.9 Å². The van der Waals surface area contributed by atoms with Crippen LogP contribution in [-0.4, -0.2) is 5.11 Å². The molecule has 0 aliphatic carbocycles. The summed E-state index contributed by atoms with van der Waals surface area (Å²) in [5.74, 6) is 0.0655. The molecule has 0 fully saturated rings. The molecule has 17 heavy (non-hydrogen) atoms. The Labute approximate surface area is 109 Å². The molecule has 0 saturated heterocycles. The van der Waals surface area contributed by atoms with E-state index in [-0.39, 0.29) is 10.8 Å². The van der Waals surface area contributed by atoms with Gasteiger partial charge in [-0.1, -0.05) is 23.2 Å². The van der Waals surface area contributed by atoms with Crippen molar-refractivity contribution in [2.24, 2.45) is 0 Å². The zero-order valence-electron chi connectivity index (χ0n) is 8.91. The van der Waals surface area contributed by atoms with Gasteiger partial charge < -0.3 is 14.8 Å². The van der Waals surface area contributed by atoms with Gasteiger partial charge in [0.1, 0.15) is 5.75 Å². The van der Waals surface area contributed by atoms with Gasteiger partial charge in [0.2, 0.25) is 0 Å². The summed E-state index contributed by atoms with van der Waals surface area (Å²) in [6, 6.07) is 5.07. The third-order valence-corrected chi connectivity index (χ3v) is 2.84. The predicted molar refractivity (Wildman–Crippen MR) is 67.4 cm³/mol. The number of phenolic OH excluding ortho intramolecular Hbond substituents is 1. The summed E-state index contributed by atoms with van der Waals surface area (Å²) in [5.41, 5.74) is 1.71. The molecular formula is C12H11Cl2NO2. The number of halogens is 2. The first-order valence-electron chi connectivity index (χ1n) is 5.05. The van der Waals surface area contributed by atoms with E-state index in [0.29, 0.717) is 23.7 Å². The lowest BCUT2D eigenvalue weighted by Crippen LogP contribution is -2.12. The van der Waals surface area contributed by atoms with Gasteiger partial charge in [-0.3, -0.25) is 0 Å². The number of rotatable bonds is 4. The molecule has 90 valence electrons. The summed E-state index contributed by atoms with van der Waals surface area (Å²) >= 11 is 11.7. The van der Waals surface area contributed by atoms with Crippen molar-refractivity contribution in [3.63, 3.8) is 0 Å². The smallest absolute Gasteiger partial charge is 0.138 e. The second kappa shape index (κ2) is 5.45. The average molecular weight is 272 g/mol. The Hall–Kier alpha value is -1.16. The summed E-state index contributed by atoms with van der Waals surface area (Å²) < 4.78 is 4.95. The summed E-state index contributed by atoms with van der Waals surface area (Å²) in [6.45, 7) is 1.14. The highest BCUT2D eigenvalue weighted by molar-refractivity contribution is 6.35. The molecular weight excluding hydrogens is 261 g/mol. The third kappa shape index (κ3) is 3.16. The van der Waals surface area contributed by atoms with Gasteiger partial charge in [0.05, 0.1) is 17.5 Å². The first-order valence-corrected chi connectivity index (χ1v) is 5.81. The van der Waals surface area contributed by atoms with Crippen LogP contribution in [0.25, 0.3) is 0 Å². The highest BCUT2D eigenvalue weighted by Crippen LogP contribution is 2.30. The fraction of sp³-hybridized carbons (Fsp3) is 0.167. The van der Waals surface area contributed by atoms with Gasteiger partial charge in [0.15, 0.2) is 0 Å². The quantitative estimate of drug-likeness (QED) is 0.894. The molecule has 0 unspecified atom stereocenters. The van der Waals surface area contributed by atoms with E-state index in [0.717, 1.165) is 5.56 Å². The van der Waals surface area contributed by atoms with E-state index in [2.05, 4.69) is 5.32 Å². The van der Waals surface area contributed by atoms with Gasteiger partial charge in [-0.25, -0.2) is 0 Å². The van der Waals surface area contributed by atoms with Crippen molar-refractivity contribution in [2.75, 3.05) is 0 Å². The SMILES string of the molecule is Oc1c(Cl)cc(Cl)cc1CNCc1ccoc1. The van der Waals surface area contributed by atoms with Crippen LogP contribution in [0, 0.1) is 0 Å². The Morgan fingerprint density at radius 1 is 1.24 bits per heavy atom. The fourth-order valence-corrected chi connectivity index (χ4v) is 2.02. The van der Waals surface area contributed by atoms with E-state index >= 15 is 0 Å². The minimum atomic E-state index is 0.0655. The fourth-order valence-electron chi connectivity index (χ4n) is 1.49. The molecule has 5 heteroatoms. The van der Waals surface area contributed by atoms with Gasteiger partial charge >= 0.3 is 0 Å². The standard InChI is InChI=1S/C12H11Cl2NO2/c13-10-3-9(12(16)11(14)4-10)6-15-5-8-1-2-17-7-8/h1-4,7,15-16H,5-6H2. The topological polar surface area (TPSA) is 45.4 Å². The molecule has 1 aromatic carbocycles. The number of hydrogen-bond acceptors (Lipinski definition) is 3. The third-order valence-electron chi connectivity index (χ3n) is 2.33. The maximum Gasteiger partial charge on any atom is 0.138 e. The Morgan fingerprint density at radius 3 is 2.76 bits per heavy atom. The maximum absolute atomic E-state index is 9.73. The Kier molecular flexibility index (Phi) is 3.94. The number of nitrogens with one attached hydrogen (secondary N) is 1. The summed E-state index contributed by atoms with van der Waals surface area (Å²) in [4.78, 5) is 0. The van der Waals surface area contributed by atoms with Crippen LogP contribution in [0.4, 0.5) is 0 Å². The molecule has 2 rings (SSSR count). The number of phenols is 1. The lowest BCUT2D eigenvalue weighted by molar-refractivity contribution is 0.464. The van der Waals surface area contributed by atoms with E-state index in [1.807, 2.05) is 6.07 Å². The average Bonchev–Trinajstić information content (AvgIpc) is 2.78. The molecule has 0 saturated carbocycles. The van der Waals surface area contributed by atoms with Gasteiger partial charge in [0, 0.05) is 29.2 Å². The predicted octanol–water partition coefficient (Wildman–Crippen LogP) is 3.58. The molecule has 0 aliphatic heterocycles. The first kappa shape index (κ1) is 12.3.